The zero-order valence-corrected chi connectivity index (χ0v) is 14.2. The lowest BCUT2D eigenvalue weighted by molar-refractivity contribution is 0.0687. The molecule has 0 aliphatic carbocycles. The molecule has 130 valence electrons. The van der Waals surface area contributed by atoms with Crippen molar-refractivity contribution in [1.29, 1.82) is 0 Å². The van der Waals surface area contributed by atoms with Crippen molar-refractivity contribution in [2.45, 2.75) is 32.9 Å². The number of piperazine rings is 1. The number of halogens is 2. The smallest absolute Gasteiger partial charge is 0.233 e. The maximum absolute atomic E-state index is 14.0. The van der Waals surface area contributed by atoms with E-state index >= 15 is 0 Å². The SMILES string of the molecule is Cc1nnc([C@@H](C)N2CCN([C@@H](C)c3ccc(F)cc3F)CC2)o1. The normalized spacial score (nSPS) is 19.4. The molecule has 1 aromatic carbocycles. The van der Waals surface area contributed by atoms with E-state index in [1.165, 1.54) is 12.1 Å². The largest absolute Gasteiger partial charge is 0.424 e. The fourth-order valence-corrected chi connectivity index (χ4v) is 3.19. The Balaban J connectivity index is 1.62. The average Bonchev–Trinajstić information content (AvgIpc) is 3.00. The van der Waals surface area contributed by atoms with Gasteiger partial charge in [-0.25, -0.2) is 8.78 Å². The topological polar surface area (TPSA) is 45.4 Å². The molecular weight excluding hydrogens is 314 g/mol. The number of hydrogen-bond acceptors (Lipinski definition) is 5. The number of hydrogen-bond donors (Lipinski definition) is 0. The molecule has 24 heavy (non-hydrogen) atoms. The summed E-state index contributed by atoms with van der Waals surface area (Å²) in [5.74, 6) is 0.158. The van der Waals surface area contributed by atoms with Crippen LogP contribution in [0.15, 0.2) is 22.6 Å². The third-order valence-corrected chi connectivity index (χ3v) is 4.76. The van der Waals surface area contributed by atoms with Crippen molar-refractivity contribution in [3.05, 3.63) is 47.2 Å². The van der Waals surface area contributed by atoms with Gasteiger partial charge in [-0.1, -0.05) is 6.07 Å². The van der Waals surface area contributed by atoms with Crippen molar-refractivity contribution in [2.75, 3.05) is 26.2 Å². The Hall–Kier alpha value is -1.86. The number of aryl methyl sites for hydroxylation is 1. The van der Waals surface area contributed by atoms with E-state index in [0.717, 1.165) is 32.2 Å². The quantitative estimate of drug-likeness (QED) is 0.858. The van der Waals surface area contributed by atoms with Gasteiger partial charge in [0, 0.05) is 50.8 Å². The van der Waals surface area contributed by atoms with Gasteiger partial charge in [0.2, 0.25) is 11.8 Å². The molecule has 2 heterocycles. The molecule has 0 spiro atoms. The highest BCUT2D eigenvalue weighted by atomic mass is 19.1. The van der Waals surface area contributed by atoms with E-state index < -0.39 is 11.6 Å². The van der Waals surface area contributed by atoms with Crippen LogP contribution in [0.5, 0.6) is 0 Å². The van der Waals surface area contributed by atoms with Gasteiger partial charge in [-0.2, -0.15) is 0 Å². The summed E-state index contributed by atoms with van der Waals surface area (Å²) in [6, 6.07) is 3.76. The Kier molecular flexibility index (Phi) is 4.91. The summed E-state index contributed by atoms with van der Waals surface area (Å²) < 4.78 is 32.6. The Bertz CT molecular complexity index is 698. The van der Waals surface area contributed by atoms with Crippen molar-refractivity contribution in [3.63, 3.8) is 0 Å². The molecule has 2 atom stereocenters. The summed E-state index contributed by atoms with van der Waals surface area (Å²) in [7, 11) is 0. The summed E-state index contributed by atoms with van der Waals surface area (Å²) in [6.07, 6.45) is 0. The summed E-state index contributed by atoms with van der Waals surface area (Å²) in [5, 5.41) is 7.96. The van der Waals surface area contributed by atoms with E-state index in [0.29, 0.717) is 17.3 Å². The number of nitrogens with zero attached hydrogens (tertiary/aromatic N) is 4. The highest BCUT2D eigenvalue weighted by Crippen LogP contribution is 2.27. The lowest BCUT2D eigenvalue weighted by Crippen LogP contribution is -2.47. The molecule has 1 fully saturated rings. The van der Waals surface area contributed by atoms with Crippen LogP contribution in [0, 0.1) is 18.6 Å². The van der Waals surface area contributed by atoms with Crippen molar-refractivity contribution in [3.8, 4) is 0 Å². The average molecular weight is 336 g/mol. The van der Waals surface area contributed by atoms with Crippen molar-refractivity contribution in [2.24, 2.45) is 0 Å². The van der Waals surface area contributed by atoms with Gasteiger partial charge in [-0.05, 0) is 19.9 Å². The van der Waals surface area contributed by atoms with Gasteiger partial charge >= 0.3 is 0 Å². The van der Waals surface area contributed by atoms with E-state index in [1.807, 2.05) is 13.8 Å². The van der Waals surface area contributed by atoms with Gasteiger partial charge in [-0.15, -0.1) is 10.2 Å². The first-order chi connectivity index (χ1) is 11.5. The standard InChI is InChI=1S/C17H22F2N4O/c1-11(15-5-4-14(18)10-16(15)19)22-6-8-23(9-7-22)12(2)17-21-20-13(3)24-17/h4-5,10-12H,6-9H2,1-3H3/t11-,12+/m0/s1. The van der Waals surface area contributed by atoms with E-state index in [2.05, 4.69) is 20.0 Å². The minimum Gasteiger partial charge on any atom is -0.424 e. The molecule has 5 nitrogen and oxygen atoms in total. The van der Waals surface area contributed by atoms with Crippen LogP contribution >= 0.6 is 0 Å². The molecule has 1 aliphatic rings. The molecule has 1 aliphatic heterocycles. The second-order valence-electron chi connectivity index (χ2n) is 6.25. The molecule has 1 aromatic heterocycles. The van der Waals surface area contributed by atoms with E-state index in [1.54, 1.807) is 6.92 Å². The van der Waals surface area contributed by atoms with Crippen molar-refractivity contribution >= 4 is 0 Å². The summed E-state index contributed by atoms with van der Waals surface area (Å²) in [4.78, 5) is 4.48. The predicted molar refractivity (Wildman–Crippen MR) is 85.4 cm³/mol. The number of benzene rings is 1. The third kappa shape index (κ3) is 3.47. The molecule has 0 saturated carbocycles. The van der Waals surface area contributed by atoms with Crippen molar-refractivity contribution < 1.29 is 13.2 Å². The zero-order valence-electron chi connectivity index (χ0n) is 14.2. The van der Waals surface area contributed by atoms with E-state index in [4.69, 9.17) is 4.42 Å². The first-order valence-corrected chi connectivity index (χ1v) is 8.18. The van der Waals surface area contributed by atoms with Crippen LogP contribution in [0.2, 0.25) is 0 Å². The summed E-state index contributed by atoms with van der Waals surface area (Å²) in [6.45, 7) is 9.04. The summed E-state index contributed by atoms with van der Waals surface area (Å²) >= 11 is 0. The predicted octanol–water partition coefficient (Wildman–Crippen LogP) is 3.10. The van der Waals surface area contributed by atoms with E-state index in [-0.39, 0.29) is 12.1 Å². The van der Waals surface area contributed by atoms with Crippen molar-refractivity contribution in [1.82, 2.24) is 20.0 Å². The Morgan fingerprint density at radius 3 is 2.17 bits per heavy atom. The molecule has 2 aromatic rings. The summed E-state index contributed by atoms with van der Waals surface area (Å²) in [5.41, 5.74) is 0.533. The van der Waals surface area contributed by atoms with Gasteiger partial charge < -0.3 is 4.42 Å². The van der Waals surface area contributed by atoms with Crippen LogP contribution in [0.25, 0.3) is 0 Å². The number of rotatable bonds is 4. The van der Waals surface area contributed by atoms with Crippen LogP contribution in [0.1, 0.15) is 43.3 Å². The molecule has 0 bridgehead atoms. The monoisotopic (exact) mass is 336 g/mol. The van der Waals surface area contributed by atoms with Gasteiger partial charge in [0.05, 0.1) is 6.04 Å². The van der Waals surface area contributed by atoms with E-state index in [9.17, 15) is 8.78 Å². The Labute approximate surface area is 140 Å². The minimum atomic E-state index is -0.544. The molecule has 1 saturated heterocycles. The fourth-order valence-electron chi connectivity index (χ4n) is 3.19. The maximum atomic E-state index is 14.0. The Morgan fingerprint density at radius 2 is 1.62 bits per heavy atom. The van der Waals surface area contributed by atoms with Gasteiger partial charge in [0.15, 0.2) is 0 Å². The van der Waals surface area contributed by atoms with Gasteiger partial charge in [0.25, 0.3) is 0 Å². The van der Waals surface area contributed by atoms with Crippen LogP contribution in [-0.2, 0) is 0 Å². The second-order valence-corrected chi connectivity index (χ2v) is 6.25. The van der Waals surface area contributed by atoms with Gasteiger partial charge in [-0.3, -0.25) is 9.80 Å². The molecule has 0 radical (unpaired) electrons. The minimum absolute atomic E-state index is 0.0613. The fraction of sp³-hybridized carbons (Fsp3) is 0.529. The van der Waals surface area contributed by atoms with Crippen LogP contribution < -0.4 is 0 Å². The lowest BCUT2D eigenvalue weighted by Gasteiger charge is -2.39. The molecule has 3 rings (SSSR count). The first-order valence-electron chi connectivity index (χ1n) is 8.18. The third-order valence-electron chi connectivity index (χ3n) is 4.76. The lowest BCUT2D eigenvalue weighted by atomic mass is 10.0. The highest BCUT2D eigenvalue weighted by molar-refractivity contribution is 5.22. The van der Waals surface area contributed by atoms with Crippen LogP contribution in [0.4, 0.5) is 8.78 Å². The number of aromatic nitrogens is 2. The van der Waals surface area contributed by atoms with Crippen LogP contribution in [0.3, 0.4) is 0 Å². The molecule has 0 N–H and O–H groups in total. The molecule has 0 amide bonds. The molecule has 0 unspecified atom stereocenters. The Morgan fingerprint density at radius 1 is 1.00 bits per heavy atom. The maximum Gasteiger partial charge on any atom is 0.233 e. The van der Waals surface area contributed by atoms with Gasteiger partial charge in [0.1, 0.15) is 11.6 Å². The molecular formula is C17H22F2N4O. The first kappa shape index (κ1) is 17.0. The second kappa shape index (κ2) is 6.94. The highest BCUT2D eigenvalue weighted by Gasteiger charge is 2.28. The molecule has 7 heteroatoms. The van der Waals surface area contributed by atoms with Crippen LogP contribution in [-0.4, -0.2) is 46.2 Å². The zero-order chi connectivity index (χ0) is 17.3.